The van der Waals surface area contributed by atoms with Crippen molar-refractivity contribution < 1.29 is 4.79 Å². The molecule has 0 saturated heterocycles. The molecule has 0 saturated carbocycles. The van der Waals surface area contributed by atoms with Gasteiger partial charge in [0.15, 0.2) is 0 Å². The van der Waals surface area contributed by atoms with Crippen LogP contribution >= 0.6 is 0 Å². The minimum atomic E-state index is -2.34. The predicted molar refractivity (Wildman–Crippen MR) is 103 cm³/mol. The molecule has 1 aromatic carbocycles. The molecular formula is C20H33NOSn. The van der Waals surface area contributed by atoms with Crippen molar-refractivity contribution in [2.24, 2.45) is 0 Å². The Kier molecular flexibility index (Phi) is 7.45. The third kappa shape index (κ3) is 4.74. The Morgan fingerprint density at radius 1 is 0.957 bits per heavy atom. The summed E-state index contributed by atoms with van der Waals surface area (Å²) in [4.78, 5) is 11.7. The number of unbranched alkanes of at least 4 members (excludes halogenated alkanes) is 3. The van der Waals surface area contributed by atoms with Crippen LogP contribution in [0.2, 0.25) is 13.3 Å². The van der Waals surface area contributed by atoms with E-state index in [2.05, 4.69) is 44.3 Å². The van der Waals surface area contributed by atoms with Crippen molar-refractivity contribution >= 4 is 33.6 Å². The van der Waals surface area contributed by atoms with E-state index < -0.39 is 18.4 Å². The molecule has 0 radical (unpaired) electrons. The summed E-state index contributed by atoms with van der Waals surface area (Å²) in [6.07, 6.45) is 8.62. The van der Waals surface area contributed by atoms with Crippen LogP contribution in [0.5, 0.6) is 0 Å². The van der Waals surface area contributed by atoms with Crippen molar-refractivity contribution in [3.05, 3.63) is 23.8 Å². The van der Waals surface area contributed by atoms with Gasteiger partial charge in [-0.15, -0.1) is 0 Å². The predicted octanol–water partition coefficient (Wildman–Crippen LogP) is 5.24. The van der Waals surface area contributed by atoms with Crippen LogP contribution in [0.25, 0.3) is 0 Å². The molecule has 2 rings (SSSR count). The zero-order valence-electron chi connectivity index (χ0n) is 15.2. The molecule has 2 nitrogen and oxygen atoms in total. The molecule has 0 aliphatic carbocycles. The maximum atomic E-state index is 11.7. The molecule has 128 valence electrons. The molecule has 0 fully saturated rings. The van der Waals surface area contributed by atoms with Crippen molar-refractivity contribution in [3.63, 3.8) is 0 Å². The Balaban J connectivity index is 2.33. The van der Waals surface area contributed by atoms with E-state index in [-0.39, 0.29) is 5.91 Å². The summed E-state index contributed by atoms with van der Waals surface area (Å²) < 4.78 is 6.11. The molecule has 3 heteroatoms. The van der Waals surface area contributed by atoms with E-state index >= 15 is 0 Å². The van der Waals surface area contributed by atoms with Gasteiger partial charge in [-0.2, -0.15) is 0 Å². The second-order valence-electron chi connectivity index (χ2n) is 7.19. The molecule has 0 bridgehead atoms. The molecular weight excluding hydrogens is 389 g/mol. The summed E-state index contributed by atoms with van der Waals surface area (Å²) in [5.74, 6) is 0.161. The number of fused-ring (bicyclic) bond motifs is 1. The number of hydrogen-bond acceptors (Lipinski definition) is 1. The number of carbonyl (C=O) groups excluding carboxylic acids is 1. The number of anilines is 1. The first-order valence-corrected chi connectivity index (χ1v) is 17.1. The molecule has 0 unspecified atom stereocenters. The average molecular weight is 422 g/mol. The van der Waals surface area contributed by atoms with Crippen LogP contribution in [0, 0.1) is 0 Å². The molecule has 1 aliphatic rings. The maximum absolute atomic E-state index is 11.7. The number of hydrogen-bond donors (Lipinski definition) is 1. The SMILES string of the molecule is CCC[CH2][Sn]([CH2]CCC)([CH2]CCC)[c]1ccc2c(c1)NC(=O)C2. The molecule has 1 aliphatic heterocycles. The van der Waals surface area contributed by atoms with Gasteiger partial charge in [-0.05, 0) is 0 Å². The van der Waals surface area contributed by atoms with E-state index in [1.165, 1.54) is 57.4 Å². The number of carbonyl (C=O) groups is 1. The Hall–Kier alpha value is -0.511. The van der Waals surface area contributed by atoms with Crippen LogP contribution in [0.1, 0.15) is 64.9 Å². The molecule has 1 heterocycles. The van der Waals surface area contributed by atoms with Gasteiger partial charge in [0.1, 0.15) is 0 Å². The standard InChI is InChI=1S/C8H6NO.3C4H9.Sn/c10-8-5-6-3-1-2-4-7(6)9-8;3*1-3-4-2;/h1,3-4H,5H2,(H,9,10);3*1,3-4H2,2H3;. The molecule has 0 aromatic heterocycles. The first-order chi connectivity index (χ1) is 11.1. The van der Waals surface area contributed by atoms with Gasteiger partial charge in [-0.25, -0.2) is 0 Å². The van der Waals surface area contributed by atoms with Gasteiger partial charge in [-0.3, -0.25) is 0 Å². The monoisotopic (exact) mass is 423 g/mol. The third-order valence-corrected chi connectivity index (χ3v) is 21.0. The topological polar surface area (TPSA) is 29.1 Å². The van der Waals surface area contributed by atoms with Crippen LogP contribution in [0.4, 0.5) is 5.69 Å². The van der Waals surface area contributed by atoms with E-state index in [0.717, 1.165) is 5.69 Å². The number of benzene rings is 1. The summed E-state index contributed by atoms with van der Waals surface area (Å²) in [7, 11) is 0. The molecule has 1 N–H and O–H groups in total. The number of nitrogens with one attached hydrogen (secondary N) is 1. The van der Waals surface area contributed by atoms with Crippen LogP contribution in [0.3, 0.4) is 0 Å². The second-order valence-corrected chi connectivity index (χ2v) is 20.4. The molecule has 23 heavy (non-hydrogen) atoms. The quantitative estimate of drug-likeness (QED) is 0.514. The molecule has 1 aromatic rings. The molecule has 0 spiro atoms. The Morgan fingerprint density at radius 2 is 1.52 bits per heavy atom. The van der Waals surface area contributed by atoms with Crippen molar-refractivity contribution in [1.82, 2.24) is 0 Å². The van der Waals surface area contributed by atoms with E-state index in [4.69, 9.17) is 0 Å². The normalized spacial score (nSPS) is 14.0. The van der Waals surface area contributed by atoms with Crippen LogP contribution < -0.4 is 8.90 Å². The Morgan fingerprint density at radius 3 is 2.04 bits per heavy atom. The van der Waals surface area contributed by atoms with Gasteiger partial charge in [0, 0.05) is 0 Å². The Bertz CT molecular complexity index is 505. The third-order valence-electron chi connectivity index (χ3n) is 5.37. The minimum absolute atomic E-state index is 0.161. The summed E-state index contributed by atoms with van der Waals surface area (Å²) in [5.41, 5.74) is 2.30. The number of amides is 1. The number of rotatable bonds is 10. The Labute approximate surface area is 146 Å². The van der Waals surface area contributed by atoms with Crippen molar-refractivity contribution in [2.45, 2.75) is 79.0 Å². The molecule has 0 atom stereocenters. The van der Waals surface area contributed by atoms with Crippen LogP contribution in [0.15, 0.2) is 18.2 Å². The first-order valence-electron chi connectivity index (χ1n) is 9.58. The van der Waals surface area contributed by atoms with Gasteiger partial charge >= 0.3 is 146 Å². The summed E-state index contributed by atoms with van der Waals surface area (Å²) in [5, 5.41) is 3.07. The van der Waals surface area contributed by atoms with E-state index in [9.17, 15) is 4.79 Å². The van der Waals surface area contributed by atoms with Crippen molar-refractivity contribution in [1.29, 1.82) is 0 Å². The van der Waals surface area contributed by atoms with Gasteiger partial charge in [0.25, 0.3) is 0 Å². The van der Waals surface area contributed by atoms with Gasteiger partial charge < -0.3 is 0 Å². The molecule has 1 amide bonds. The van der Waals surface area contributed by atoms with Crippen LogP contribution in [-0.2, 0) is 11.2 Å². The van der Waals surface area contributed by atoms with Crippen molar-refractivity contribution in [2.75, 3.05) is 5.32 Å². The fourth-order valence-corrected chi connectivity index (χ4v) is 19.9. The van der Waals surface area contributed by atoms with E-state index in [1.54, 1.807) is 3.58 Å². The average Bonchev–Trinajstić information content (AvgIpc) is 2.93. The summed E-state index contributed by atoms with van der Waals surface area (Å²) in [6.45, 7) is 6.96. The van der Waals surface area contributed by atoms with Crippen LogP contribution in [-0.4, -0.2) is 24.3 Å². The van der Waals surface area contributed by atoms with E-state index in [0.29, 0.717) is 6.42 Å². The summed E-state index contributed by atoms with van der Waals surface area (Å²) >= 11 is -2.34. The van der Waals surface area contributed by atoms with Gasteiger partial charge in [0.2, 0.25) is 0 Å². The second kappa shape index (κ2) is 9.10. The summed E-state index contributed by atoms with van der Waals surface area (Å²) in [6, 6.07) is 7.01. The fourth-order valence-electron chi connectivity index (χ4n) is 3.90. The van der Waals surface area contributed by atoms with Crippen molar-refractivity contribution in [3.8, 4) is 0 Å². The first kappa shape index (κ1) is 18.8. The van der Waals surface area contributed by atoms with E-state index in [1.807, 2.05) is 0 Å². The van der Waals surface area contributed by atoms with Gasteiger partial charge in [0.05, 0.1) is 0 Å². The van der Waals surface area contributed by atoms with Gasteiger partial charge in [-0.1, -0.05) is 0 Å². The fraction of sp³-hybridized carbons (Fsp3) is 0.650. The zero-order chi connectivity index (χ0) is 16.7. The zero-order valence-corrected chi connectivity index (χ0v) is 18.1.